The lowest BCUT2D eigenvalue weighted by atomic mass is 9.70. The van der Waals surface area contributed by atoms with E-state index in [2.05, 4.69) is 266 Å². The number of nitrogens with zero attached hydrogens (tertiary/aromatic N) is 1. The largest absolute Gasteiger partial charge is 0.310 e. The number of hydrogen-bond donors (Lipinski definition) is 0. The van der Waals surface area contributed by atoms with Crippen molar-refractivity contribution in [1.29, 1.82) is 0 Å². The highest BCUT2D eigenvalue weighted by atomic mass is 15.1. The zero-order valence-electron chi connectivity index (χ0n) is 36.3. The van der Waals surface area contributed by atoms with E-state index in [1.54, 1.807) is 0 Å². The third-order valence-corrected chi connectivity index (χ3v) is 14.1. The molecule has 0 saturated heterocycles. The minimum atomic E-state index is -0.463. The number of benzene rings is 11. The van der Waals surface area contributed by atoms with Crippen LogP contribution in [0.4, 0.5) is 17.1 Å². The van der Waals surface area contributed by atoms with Crippen molar-refractivity contribution in [3.63, 3.8) is 0 Å². The van der Waals surface area contributed by atoms with Crippen LogP contribution in [0.25, 0.3) is 77.5 Å². The SMILES string of the molecule is c1ccc(-c2cc(-c3ccccc3)cc(N(c3ccc(-c4ccc5ccccc5c4-c4ccccc4)cc3)c3ccc4c(c3)C3(c5ccccc5-c5ccccc53)c3ccccc3-4)c2)cc1. The van der Waals surface area contributed by atoms with Crippen molar-refractivity contribution < 1.29 is 0 Å². The standard InChI is InChI=1S/C65H43N/c1-4-18-44(19-5-1)49-40-50(45-20-6-2-7-21-45)42-53(41-49)66(51-35-32-47(33-36-51)55-38-34-46-22-10-11-25-54(46)64(55)48-23-8-3-9-24-48)52-37-39-59-58-28-14-17-31-62(58)65(63(59)43-52)60-29-15-12-26-56(60)57-27-13-16-30-61(57)65/h1-43H. The third kappa shape index (κ3) is 5.87. The first-order valence-corrected chi connectivity index (χ1v) is 22.9. The number of hydrogen-bond acceptors (Lipinski definition) is 1. The summed E-state index contributed by atoms with van der Waals surface area (Å²) < 4.78 is 0. The molecule has 0 unspecified atom stereocenters. The van der Waals surface area contributed by atoms with Gasteiger partial charge in [0.05, 0.1) is 5.41 Å². The van der Waals surface area contributed by atoms with E-state index >= 15 is 0 Å². The van der Waals surface area contributed by atoms with Crippen molar-refractivity contribution in [3.8, 4) is 66.8 Å². The molecule has 0 saturated carbocycles. The van der Waals surface area contributed by atoms with Crippen molar-refractivity contribution >= 4 is 27.8 Å². The van der Waals surface area contributed by atoms with E-state index in [1.807, 2.05) is 0 Å². The van der Waals surface area contributed by atoms with Crippen LogP contribution in [0, 0.1) is 0 Å². The van der Waals surface area contributed by atoms with E-state index in [1.165, 1.54) is 99.8 Å². The summed E-state index contributed by atoms with van der Waals surface area (Å²) in [6.07, 6.45) is 0. The fraction of sp³-hybridized carbons (Fsp3) is 0.0154. The van der Waals surface area contributed by atoms with E-state index in [4.69, 9.17) is 0 Å². The molecule has 0 atom stereocenters. The van der Waals surface area contributed by atoms with Crippen LogP contribution in [0.2, 0.25) is 0 Å². The molecule has 0 radical (unpaired) electrons. The van der Waals surface area contributed by atoms with E-state index in [0.717, 1.165) is 17.1 Å². The highest BCUT2D eigenvalue weighted by molar-refractivity contribution is 6.04. The normalized spacial score (nSPS) is 12.7. The van der Waals surface area contributed by atoms with Gasteiger partial charge in [0.2, 0.25) is 0 Å². The summed E-state index contributed by atoms with van der Waals surface area (Å²) in [6.45, 7) is 0. The van der Waals surface area contributed by atoms with Crippen LogP contribution < -0.4 is 4.90 Å². The molecule has 0 amide bonds. The van der Waals surface area contributed by atoms with E-state index < -0.39 is 5.41 Å². The summed E-state index contributed by atoms with van der Waals surface area (Å²) in [5.74, 6) is 0. The minimum absolute atomic E-state index is 0.463. The summed E-state index contributed by atoms with van der Waals surface area (Å²) in [5, 5.41) is 2.49. The predicted octanol–water partition coefficient (Wildman–Crippen LogP) is 17.3. The van der Waals surface area contributed by atoms with Crippen LogP contribution in [0.3, 0.4) is 0 Å². The molecule has 13 rings (SSSR count). The Morgan fingerprint density at radius 1 is 0.242 bits per heavy atom. The quantitative estimate of drug-likeness (QED) is 0.155. The fourth-order valence-corrected chi connectivity index (χ4v) is 11.2. The Bertz CT molecular complexity index is 3500. The summed E-state index contributed by atoms with van der Waals surface area (Å²) in [4.78, 5) is 2.48. The Morgan fingerprint density at radius 2 is 0.697 bits per heavy atom. The molecule has 66 heavy (non-hydrogen) atoms. The van der Waals surface area contributed by atoms with Crippen molar-refractivity contribution in [2.24, 2.45) is 0 Å². The van der Waals surface area contributed by atoms with Gasteiger partial charge in [0, 0.05) is 17.1 Å². The molecule has 0 N–H and O–H groups in total. The smallest absolute Gasteiger partial charge is 0.0726 e. The zero-order valence-corrected chi connectivity index (χ0v) is 36.3. The van der Waals surface area contributed by atoms with Crippen LogP contribution in [0.1, 0.15) is 22.3 Å². The highest BCUT2D eigenvalue weighted by Crippen LogP contribution is 2.63. The molecule has 11 aromatic rings. The maximum atomic E-state index is 2.50. The molecule has 1 heteroatoms. The Morgan fingerprint density at radius 3 is 1.27 bits per heavy atom. The molecule has 2 aliphatic carbocycles. The Hall–Kier alpha value is -8.52. The molecular formula is C65H43N. The van der Waals surface area contributed by atoms with Gasteiger partial charge < -0.3 is 4.90 Å². The van der Waals surface area contributed by atoms with Crippen LogP contribution in [0.15, 0.2) is 261 Å². The second kappa shape index (κ2) is 15.3. The predicted molar refractivity (Wildman–Crippen MR) is 277 cm³/mol. The van der Waals surface area contributed by atoms with Gasteiger partial charge in [-0.3, -0.25) is 0 Å². The first-order valence-electron chi connectivity index (χ1n) is 22.9. The maximum Gasteiger partial charge on any atom is 0.0726 e. The summed E-state index contributed by atoms with van der Waals surface area (Å²) in [7, 11) is 0. The number of anilines is 3. The van der Waals surface area contributed by atoms with Crippen LogP contribution in [0.5, 0.6) is 0 Å². The monoisotopic (exact) mass is 837 g/mol. The van der Waals surface area contributed by atoms with Gasteiger partial charge in [0.25, 0.3) is 0 Å². The lowest BCUT2D eigenvalue weighted by molar-refractivity contribution is 0.793. The Labute approximate surface area is 386 Å². The summed E-state index contributed by atoms with van der Waals surface area (Å²) >= 11 is 0. The molecular weight excluding hydrogens is 795 g/mol. The van der Waals surface area contributed by atoms with Gasteiger partial charge in [-0.25, -0.2) is 0 Å². The van der Waals surface area contributed by atoms with Gasteiger partial charge >= 0.3 is 0 Å². The van der Waals surface area contributed by atoms with Crippen molar-refractivity contribution in [1.82, 2.24) is 0 Å². The van der Waals surface area contributed by atoms with E-state index in [-0.39, 0.29) is 0 Å². The van der Waals surface area contributed by atoms with Gasteiger partial charge in [-0.2, -0.15) is 0 Å². The second-order valence-electron chi connectivity index (χ2n) is 17.6. The Kier molecular flexibility index (Phi) is 8.82. The lowest BCUT2D eigenvalue weighted by Crippen LogP contribution is -2.26. The van der Waals surface area contributed by atoms with E-state index in [0.29, 0.717) is 0 Å². The molecule has 1 nitrogen and oxygen atoms in total. The molecule has 11 aromatic carbocycles. The highest BCUT2D eigenvalue weighted by Gasteiger charge is 2.51. The van der Waals surface area contributed by atoms with Gasteiger partial charge in [0.1, 0.15) is 0 Å². The fourth-order valence-electron chi connectivity index (χ4n) is 11.2. The van der Waals surface area contributed by atoms with Crippen molar-refractivity contribution in [2.45, 2.75) is 5.41 Å². The minimum Gasteiger partial charge on any atom is -0.310 e. The molecule has 0 heterocycles. The number of fused-ring (bicyclic) bond motifs is 11. The van der Waals surface area contributed by atoms with Gasteiger partial charge in [-0.05, 0) is 142 Å². The zero-order chi connectivity index (χ0) is 43.6. The van der Waals surface area contributed by atoms with Crippen LogP contribution >= 0.6 is 0 Å². The summed E-state index contributed by atoms with van der Waals surface area (Å²) in [5.41, 5.74) is 22.9. The van der Waals surface area contributed by atoms with Crippen molar-refractivity contribution in [3.05, 3.63) is 283 Å². The molecule has 0 aromatic heterocycles. The first kappa shape index (κ1) is 38.0. The van der Waals surface area contributed by atoms with Crippen LogP contribution in [-0.2, 0) is 5.41 Å². The molecule has 308 valence electrons. The van der Waals surface area contributed by atoms with E-state index in [9.17, 15) is 0 Å². The number of rotatable bonds is 7. The average Bonchev–Trinajstić information content (AvgIpc) is 3.86. The third-order valence-electron chi connectivity index (χ3n) is 14.1. The second-order valence-corrected chi connectivity index (χ2v) is 17.6. The van der Waals surface area contributed by atoms with Gasteiger partial charge in [-0.15, -0.1) is 0 Å². The van der Waals surface area contributed by atoms with Gasteiger partial charge in [0.15, 0.2) is 0 Å². The molecule has 2 aliphatic rings. The van der Waals surface area contributed by atoms with Crippen molar-refractivity contribution in [2.75, 3.05) is 4.90 Å². The Balaban J connectivity index is 1.05. The molecule has 1 spiro atoms. The summed E-state index contributed by atoms with van der Waals surface area (Å²) in [6, 6.07) is 96.4. The average molecular weight is 838 g/mol. The molecule has 0 aliphatic heterocycles. The molecule has 0 bridgehead atoms. The van der Waals surface area contributed by atoms with Gasteiger partial charge in [-0.1, -0.05) is 218 Å². The van der Waals surface area contributed by atoms with Crippen LogP contribution in [-0.4, -0.2) is 0 Å². The topological polar surface area (TPSA) is 3.24 Å². The maximum absolute atomic E-state index is 2.50. The molecule has 0 fully saturated rings. The lowest BCUT2D eigenvalue weighted by Gasteiger charge is -2.32. The first-order chi connectivity index (χ1) is 32.7.